The summed E-state index contributed by atoms with van der Waals surface area (Å²) in [5, 5.41) is 8.90. The maximum atomic E-state index is 12.0. The van der Waals surface area contributed by atoms with E-state index in [1.807, 2.05) is 6.92 Å². The molecule has 0 aliphatic rings. The molecule has 0 bridgehead atoms. The van der Waals surface area contributed by atoms with Crippen molar-refractivity contribution in [1.82, 2.24) is 14.8 Å². The third kappa shape index (κ3) is 3.32. The molecule has 0 radical (unpaired) electrons. The van der Waals surface area contributed by atoms with E-state index in [2.05, 4.69) is 31.3 Å². The zero-order valence-electron chi connectivity index (χ0n) is 10.3. The fourth-order valence-corrected chi connectivity index (χ4v) is 2.58. The molecule has 2 aromatic rings. The molecular weight excluding hydrogens is 332 g/mol. The maximum Gasteiger partial charge on any atom is 0.304 e. The molecule has 102 valence electrons. The van der Waals surface area contributed by atoms with E-state index in [1.54, 1.807) is 11.6 Å². The zero-order valence-corrected chi connectivity index (χ0v) is 12.7. The molecule has 2 aromatic heterocycles. The van der Waals surface area contributed by atoms with Crippen LogP contribution in [0.1, 0.15) is 19.0 Å². The summed E-state index contributed by atoms with van der Waals surface area (Å²) in [6.45, 7) is 3.02. The molecule has 6 nitrogen and oxygen atoms in total. The molecule has 2 N–H and O–H groups in total. The Kier molecular flexibility index (Phi) is 4.54. The molecule has 0 fully saturated rings. The first-order chi connectivity index (χ1) is 9.11. The molecule has 19 heavy (non-hydrogen) atoms. The van der Waals surface area contributed by atoms with Crippen LogP contribution in [-0.2, 0) is 13.1 Å². The van der Waals surface area contributed by atoms with Crippen molar-refractivity contribution < 1.29 is 0 Å². The minimum atomic E-state index is -0.161. The number of aromatic nitrogens is 3. The first-order valence-electron chi connectivity index (χ1n) is 5.78. The molecule has 0 unspecified atom stereocenters. The molecular formula is C11H13BrN4O2S. The van der Waals surface area contributed by atoms with Crippen molar-refractivity contribution >= 4 is 33.0 Å². The summed E-state index contributed by atoms with van der Waals surface area (Å²) in [4.78, 5) is 25.6. The Morgan fingerprint density at radius 1 is 1.53 bits per heavy atom. The van der Waals surface area contributed by atoms with Gasteiger partial charge in [0.2, 0.25) is 0 Å². The van der Waals surface area contributed by atoms with Gasteiger partial charge in [0.25, 0.3) is 5.56 Å². The van der Waals surface area contributed by atoms with E-state index in [1.165, 1.54) is 4.68 Å². The van der Waals surface area contributed by atoms with Crippen LogP contribution in [0.3, 0.4) is 0 Å². The number of nitrogens with one attached hydrogen (secondary N) is 2. The first-order valence-corrected chi connectivity index (χ1v) is 7.45. The van der Waals surface area contributed by atoms with Crippen molar-refractivity contribution in [1.29, 1.82) is 0 Å². The van der Waals surface area contributed by atoms with Crippen molar-refractivity contribution in [2.75, 3.05) is 5.32 Å². The normalized spacial score (nSPS) is 10.6. The Morgan fingerprint density at radius 3 is 2.95 bits per heavy atom. The number of hydrogen-bond acceptors (Lipinski definition) is 5. The van der Waals surface area contributed by atoms with Crippen LogP contribution in [0.15, 0.2) is 25.6 Å². The summed E-state index contributed by atoms with van der Waals surface area (Å²) in [5.41, 5.74) is 1.23. The number of rotatable bonds is 5. The lowest BCUT2D eigenvalue weighted by Gasteiger charge is -2.09. The topological polar surface area (TPSA) is 79.8 Å². The Morgan fingerprint density at radius 2 is 2.32 bits per heavy atom. The van der Waals surface area contributed by atoms with Gasteiger partial charge in [-0.05, 0) is 22.4 Å². The van der Waals surface area contributed by atoms with Gasteiger partial charge in [0.1, 0.15) is 4.47 Å². The van der Waals surface area contributed by atoms with Crippen LogP contribution in [0.2, 0.25) is 0 Å². The first kappa shape index (κ1) is 14.0. The highest BCUT2D eigenvalue weighted by Crippen LogP contribution is 2.16. The fraction of sp³-hybridized carbons (Fsp3) is 0.364. The molecule has 8 heteroatoms. The van der Waals surface area contributed by atoms with E-state index in [0.29, 0.717) is 23.2 Å². The van der Waals surface area contributed by atoms with Crippen LogP contribution in [-0.4, -0.2) is 14.8 Å². The molecule has 0 saturated carbocycles. The molecule has 2 rings (SSSR count). The van der Waals surface area contributed by atoms with E-state index in [4.69, 9.17) is 0 Å². The van der Waals surface area contributed by atoms with Gasteiger partial charge in [-0.2, -0.15) is 5.10 Å². The fourth-order valence-electron chi connectivity index (χ4n) is 1.55. The number of aromatic amines is 1. The van der Waals surface area contributed by atoms with Crippen molar-refractivity contribution in [3.05, 3.63) is 41.8 Å². The maximum absolute atomic E-state index is 12.0. The van der Waals surface area contributed by atoms with Gasteiger partial charge in [0.05, 0.1) is 18.4 Å². The highest BCUT2D eigenvalue weighted by Gasteiger charge is 2.08. The van der Waals surface area contributed by atoms with Crippen molar-refractivity contribution in [2.45, 2.75) is 26.4 Å². The van der Waals surface area contributed by atoms with Crippen molar-refractivity contribution in [3.8, 4) is 0 Å². The van der Waals surface area contributed by atoms with Gasteiger partial charge < -0.3 is 10.3 Å². The molecule has 0 saturated heterocycles. The van der Waals surface area contributed by atoms with Crippen LogP contribution < -0.4 is 15.7 Å². The average molecular weight is 345 g/mol. The van der Waals surface area contributed by atoms with E-state index in [0.717, 1.165) is 23.5 Å². The number of halogens is 1. The summed E-state index contributed by atoms with van der Waals surface area (Å²) >= 11 is 4.39. The molecule has 2 heterocycles. The molecule has 0 aliphatic carbocycles. The lowest BCUT2D eigenvalue weighted by molar-refractivity contribution is 0.566. The standard InChI is InChI=1S/C11H13BrN4O2S/c1-2-3-16-10(17)9(12)8(5-14-16)13-4-7-6-19-11(18)15-7/h5-6,13H,2-4H2,1H3,(H,15,18). The second-order valence-electron chi connectivity index (χ2n) is 3.93. The third-order valence-corrected chi connectivity index (χ3v) is 3.95. The molecule has 0 aliphatic heterocycles. The van der Waals surface area contributed by atoms with Gasteiger partial charge in [-0.3, -0.25) is 9.59 Å². The zero-order chi connectivity index (χ0) is 13.8. The largest absolute Gasteiger partial charge is 0.377 e. The molecule has 0 spiro atoms. The second-order valence-corrected chi connectivity index (χ2v) is 5.56. The number of anilines is 1. The van der Waals surface area contributed by atoms with E-state index in [-0.39, 0.29) is 10.4 Å². The minimum Gasteiger partial charge on any atom is -0.377 e. The highest BCUT2D eigenvalue weighted by molar-refractivity contribution is 9.10. The summed E-state index contributed by atoms with van der Waals surface area (Å²) in [6.07, 6.45) is 2.45. The predicted octanol–water partition coefficient (Wildman–Crippen LogP) is 1.78. The van der Waals surface area contributed by atoms with Crippen LogP contribution in [0.5, 0.6) is 0 Å². The van der Waals surface area contributed by atoms with Crippen molar-refractivity contribution in [3.63, 3.8) is 0 Å². The lowest BCUT2D eigenvalue weighted by Crippen LogP contribution is -2.24. The number of H-pyrrole nitrogens is 1. The van der Waals surface area contributed by atoms with E-state index >= 15 is 0 Å². The average Bonchev–Trinajstić information content (AvgIpc) is 2.80. The van der Waals surface area contributed by atoms with Crippen LogP contribution >= 0.6 is 27.3 Å². The number of hydrogen-bond donors (Lipinski definition) is 2. The van der Waals surface area contributed by atoms with Crippen molar-refractivity contribution in [2.24, 2.45) is 0 Å². The predicted molar refractivity (Wildman–Crippen MR) is 78.8 cm³/mol. The smallest absolute Gasteiger partial charge is 0.304 e. The van der Waals surface area contributed by atoms with Gasteiger partial charge in [-0.15, -0.1) is 0 Å². The van der Waals surface area contributed by atoms with Crippen LogP contribution in [0.25, 0.3) is 0 Å². The quantitative estimate of drug-likeness (QED) is 0.866. The van der Waals surface area contributed by atoms with Gasteiger partial charge in [-0.25, -0.2) is 4.68 Å². The molecule has 0 atom stereocenters. The minimum absolute atomic E-state index is 0.0904. The summed E-state index contributed by atoms with van der Waals surface area (Å²) in [5.74, 6) is 0. The Hall–Kier alpha value is -1.41. The lowest BCUT2D eigenvalue weighted by atomic mass is 10.4. The van der Waals surface area contributed by atoms with Gasteiger partial charge >= 0.3 is 4.87 Å². The van der Waals surface area contributed by atoms with E-state index < -0.39 is 0 Å². The number of nitrogens with zero attached hydrogens (tertiary/aromatic N) is 2. The monoisotopic (exact) mass is 344 g/mol. The Labute approximate surface area is 121 Å². The van der Waals surface area contributed by atoms with Gasteiger partial charge in [0, 0.05) is 17.6 Å². The molecule has 0 aromatic carbocycles. The highest BCUT2D eigenvalue weighted by atomic mass is 79.9. The molecule has 0 amide bonds. The summed E-state index contributed by atoms with van der Waals surface area (Å²) < 4.78 is 1.87. The summed E-state index contributed by atoms with van der Waals surface area (Å²) in [7, 11) is 0. The van der Waals surface area contributed by atoms with Gasteiger partial charge in [-0.1, -0.05) is 18.3 Å². The summed E-state index contributed by atoms with van der Waals surface area (Å²) in [6, 6.07) is 0. The Balaban J connectivity index is 2.15. The van der Waals surface area contributed by atoms with Gasteiger partial charge in [0.15, 0.2) is 0 Å². The third-order valence-electron chi connectivity index (χ3n) is 2.46. The number of thiazole rings is 1. The SMILES string of the molecule is CCCn1ncc(NCc2csc(=O)[nH]2)c(Br)c1=O. The number of aryl methyl sites for hydroxylation is 1. The Bertz CT molecular complexity index is 676. The van der Waals surface area contributed by atoms with Crippen LogP contribution in [0, 0.1) is 0 Å². The van der Waals surface area contributed by atoms with E-state index in [9.17, 15) is 9.59 Å². The van der Waals surface area contributed by atoms with Crippen LogP contribution in [0.4, 0.5) is 5.69 Å². The second kappa shape index (κ2) is 6.16.